The molecule has 4 saturated carbocycles. The van der Waals surface area contributed by atoms with E-state index in [-0.39, 0.29) is 5.60 Å². The van der Waals surface area contributed by atoms with Crippen molar-refractivity contribution in [3.63, 3.8) is 0 Å². The van der Waals surface area contributed by atoms with Crippen molar-refractivity contribution in [3.05, 3.63) is 35.9 Å². The Morgan fingerprint density at radius 1 is 1.00 bits per heavy atom. The molecular formula is C24H38NO3+. The molecular weight excluding hydrogens is 350 g/mol. The molecule has 4 aliphatic rings. The van der Waals surface area contributed by atoms with Crippen molar-refractivity contribution in [1.82, 2.24) is 0 Å². The normalized spacial score (nSPS) is 32.6. The number of aliphatic hydroxyl groups is 1. The molecule has 4 fully saturated rings. The monoisotopic (exact) mass is 388 g/mol. The van der Waals surface area contributed by atoms with E-state index in [9.17, 15) is 5.11 Å². The molecule has 0 spiro atoms. The van der Waals surface area contributed by atoms with Crippen LogP contribution < -0.4 is 0 Å². The van der Waals surface area contributed by atoms with E-state index in [1.807, 2.05) is 6.07 Å². The number of ether oxygens (including phenoxy) is 2. The molecule has 0 radical (unpaired) electrons. The molecule has 0 heterocycles. The first-order valence-corrected chi connectivity index (χ1v) is 11.2. The predicted octanol–water partition coefficient (Wildman–Crippen LogP) is 3.63. The van der Waals surface area contributed by atoms with Gasteiger partial charge in [-0.05, 0) is 56.3 Å². The second-order valence-electron chi connectivity index (χ2n) is 10.4. The van der Waals surface area contributed by atoms with Crippen molar-refractivity contribution in [3.8, 4) is 0 Å². The van der Waals surface area contributed by atoms with Gasteiger partial charge in [0.05, 0.1) is 39.5 Å². The molecule has 1 unspecified atom stereocenters. The van der Waals surface area contributed by atoms with E-state index in [2.05, 4.69) is 38.4 Å². The van der Waals surface area contributed by atoms with Crippen LogP contribution in [0.3, 0.4) is 0 Å². The maximum atomic E-state index is 10.4. The van der Waals surface area contributed by atoms with Crippen LogP contribution in [-0.2, 0) is 16.0 Å². The van der Waals surface area contributed by atoms with Gasteiger partial charge in [0, 0.05) is 5.56 Å². The molecule has 0 saturated heterocycles. The largest absolute Gasteiger partial charge is 0.385 e. The van der Waals surface area contributed by atoms with Crippen molar-refractivity contribution in [2.75, 3.05) is 40.5 Å². The van der Waals surface area contributed by atoms with Gasteiger partial charge in [-0.1, -0.05) is 30.3 Å². The number of hydrogen-bond donors (Lipinski definition) is 1. The molecule has 1 aromatic carbocycles. The Hall–Kier alpha value is -0.940. The average molecular weight is 389 g/mol. The molecule has 0 aromatic heterocycles. The molecule has 1 N–H and O–H groups in total. The molecule has 4 heteroatoms. The summed E-state index contributed by atoms with van der Waals surface area (Å²) in [6.45, 7) is 3.24. The zero-order valence-corrected chi connectivity index (χ0v) is 17.7. The maximum absolute atomic E-state index is 10.4. The summed E-state index contributed by atoms with van der Waals surface area (Å²) in [7, 11) is 4.32. The summed E-state index contributed by atoms with van der Waals surface area (Å²) in [4.78, 5) is 0. The van der Waals surface area contributed by atoms with Crippen LogP contribution in [0.5, 0.6) is 0 Å². The summed E-state index contributed by atoms with van der Waals surface area (Å²) >= 11 is 0. The van der Waals surface area contributed by atoms with Gasteiger partial charge in [0.15, 0.2) is 0 Å². The Kier molecular flexibility index (Phi) is 6.12. The van der Waals surface area contributed by atoms with Gasteiger partial charge in [-0.2, -0.15) is 0 Å². The van der Waals surface area contributed by atoms with E-state index in [0.29, 0.717) is 26.4 Å². The zero-order chi connectivity index (χ0) is 19.6. The number of nitrogens with zero attached hydrogens (tertiary/aromatic N) is 1. The number of aliphatic hydroxyl groups excluding tert-OH is 1. The summed E-state index contributed by atoms with van der Waals surface area (Å²) in [5.41, 5.74) is 1.45. The zero-order valence-electron chi connectivity index (χ0n) is 17.7. The summed E-state index contributed by atoms with van der Waals surface area (Å²) in [5, 5.41) is 10.4. The fourth-order valence-electron chi connectivity index (χ4n) is 6.51. The van der Waals surface area contributed by atoms with Crippen LogP contribution in [0, 0.1) is 17.8 Å². The smallest absolute Gasteiger partial charge is 0.126 e. The molecule has 156 valence electrons. The van der Waals surface area contributed by atoms with Gasteiger partial charge in [0.1, 0.15) is 19.2 Å². The Bertz CT molecular complexity index is 595. The maximum Gasteiger partial charge on any atom is 0.126 e. The molecule has 28 heavy (non-hydrogen) atoms. The minimum atomic E-state index is -0.446. The number of quaternary nitrogens is 1. The highest BCUT2D eigenvalue weighted by Gasteiger charge is 2.51. The molecule has 1 atom stereocenters. The highest BCUT2D eigenvalue weighted by molar-refractivity contribution is 5.13. The topological polar surface area (TPSA) is 38.7 Å². The predicted molar refractivity (Wildman–Crippen MR) is 111 cm³/mol. The van der Waals surface area contributed by atoms with E-state index in [1.165, 1.54) is 44.1 Å². The van der Waals surface area contributed by atoms with E-state index in [1.54, 1.807) is 0 Å². The van der Waals surface area contributed by atoms with Gasteiger partial charge >= 0.3 is 0 Å². The first-order valence-electron chi connectivity index (χ1n) is 11.2. The third kappa shape index (κ3) is 5.15. The Morgan fingerprint density at radius 3 is 2.21 bits per heavy atom. The molecule has 5 rings (SSSR count). The lowest BCUT2D eigenvalue weighted by Crippen LogP contribution is -2.52. The van der Waals surface area contributed by atoms with Gasteiger partial charge in [-0.3, -0.25) is 0 Å². The lowest BCUT2D eigenvalue weighted by molar-refractivity contribution is -0.906. The van der Waals surface area contributed by atoms with Gasteiger partial charge in [0.25, 0.3) is 0 Å². The van der Waals surface area contributed by atoms with Crippen molar-refractivity contribution in [2.24, 2.45) is 17.8 Å². The van der Waals surface area contributed by atoms with Crippen molar-refractivity contribution in [2.45, 2.75) is 56.8 Å². The molecule has 0 amide bonds. The van der Waals surface area contributed by atoms with Gasteiger partial charge in [-0.25, -0.2) is 0 Å². The van der Waals surface area contributed by atoms with Crippen LogP contribution in [-0.4, -0.2) is 61.8 Å². The fourth-order valence-corrected chi connectivity index (χ4v) is 6.51. The number of likely N-dealkylation sites (N-methyl/N-ethyl adjacent to an activating group) is 1. The third-order valence-corrected chi connectivity index (χ3v) is 7.09. The van der Waals surface area contributed by atoms with Crippen LogP contribution in [0.2, 0.25) is 0 Å². The lowest BCUT2D eigenvalue weighted by Gasteiger charge is -2.56. The molecule has 0 aliphatic heterocycles. The minimum absolute atomic E-state index is 0.158. The Labute approximate surface area is 170 Å². The molecule has 1 aromatic rings. The van der Waals surface area contributed by atoms with E-state index in [0.717, 1.165) is 28.8 Å². The highest BCUT2D eigenvalue weighted by Crippen LogP contribution is 2.57. The van der Waals surface area contributed by atoms with Gasteiger partial charge in [-0.15, -0.1) is 0 Å². The van der Waals surface area contributed by atoms with Crippen LogP contribution in [0.25, 0.3) is 0 Å². The number of rotatable bonds is 10. The first-order chi connectivity index (χ1) is 13.4. The second kappa shape index (κ2) is 8.43. The van der Waals surface area contributed by atoms with E-state index >= 15 is 0 Å². The number of hydrogen-bond acceptors (Lipinski definition) is 3. The standard InChI is InChI=1S/C24H38NO3/c1-25(2,16-19-6-4-3-5-7-19)17-23(26)18-27-8-9-28-24-13-20-10-21(14-24)12-22(11-20)15-24/h3-7,20-23,26H,8-18H2,1-2H3/q+1. The molecule has 4 bridgehead atoms. The van der Waals surface area contributed by atoms with Crippen molar-refractivity contribution in [1.29, 1.82) is 0 Å². The van der Waals surface area contributed by atoms with Crippen molar-refractivity contribution >= 4 is 0 Å². The van der Waals surface area contributed by atoms with Crippen LogP contribution in [0.15, 0.2) is 30.3 Å². The van der Waals surface area contributed by atoms with Gasteiger partial charge < -0.3 is 19.1 Å². The van der Waals surface area contributed by atoms with E-state index in [4.69, 9.17) is 9.47 Å². The Morgan fingerprint density at radius 2 is 1.61 bits per heavy atom. The average Bonchev–Trinajstić information content (AvgIpc) is 2.60. The van der Waals surface area contributed by atoms with Crippen LogP contribution in [0.1, 0.15) is 44.1 Å². The van der Waals surface area contributed by atoms with Crippen LogP contribution >= 0.6 is 0 Å². The van der Waals surface area contributed by atoms with Crippen molar-refractivity contribution < 1.29 is 19.1 Å². The summed E-state index contributed by atoms with van der Waals surface area (Å²) in [5.74, 6) is 2.75. The SMILES string of the molecule is C[N+](C)(Cc1ccccc1)CC(O)COCCOC12CC3CC(CC(C3)C1)C2. The minimum Gasteiger partial charge on any atom is -0.385 e. The van der Waals surface area contributed by atoms with Crippen LogP contribution in [0.4, 0.5) is 0 Å². The van der Waals surface area contributed by atoms with E-state index < -0.39 is 6.10 Å². The quantitative estimate of drug-likeness (QED) is 0.491. The van der Waals surface area contributed by atoms with Gasteiger partial charge in [0.2, 0.25) is 0 Å². The lowest BCUT2D eigenvalue weighted by atomic mass is 9.54. The summed E-state index contributed by atoms with van der Waals surface area (Å²) in [6, 6.07) is 10.5. The summed E-state index contributed by atoms with van der Waals surface area (Å²) < 4.78 is 12.9. The number of benzene rings is 1. The molecule has 4 aliphatic carbocycles. The fraction of sp³-hybridized carbons (Fsp3) is 0.750. The summed E-state index contributed by atoms with van der Waals surface area (Å²) in [6.07, 6.45) is 7.71. The third-order valence-electron chi connectivity index (χ3n) is 7.09. The first kappa shape index (κ1) is 20.3. The highest BCUT2D eigenvalue weighted by atomic mass is 16.5. The molecule has 4 nitrogen and oxygen atoms in total. The Balaban J connectivity index is 1.14. The second-order valence-corrected chi connectivity index (χ2v) is 10.4.